The molecule has 1 amide bonds. The third-order valence-electron chi connectivity index (χ3n) is 3.71. The lowest BCUT2D eigenvalue weighted by atomic mass is 10.2. The van der Waals surface area contributed by atoms with Crippen molar-refractivity contribution in [3.05, 3.63) is 53.6 Å². The summed E-state index contributed by atoms with van der Waals surface area (Å²) in [4.78, 5) is 16.9. The highest BCUT2D eigenvalue weighted by atomic mass is 32.2. The fourth-order valence-electron chi connectivity index (χ4n) is 2.61. The van der Waals surface area contributed by atoms with Crippen LogP contribution in [-0.2, 0) is 4.79 Å². The van der Waals surface area contributed by atoms with Gasteiger partial charge in [-0.1, -0.05) is 29.8 Å². The Morgan fingerprint density at radius 2 is 2.05 bits per heavy atom. The molecule has 0 N–H and O–H groups in total. The van der Waals surface area contributed by atoms with Crippen molar-refractivity contribution < 1.29 is 4.79 Å². The molecule has 1 aliphatic heterocycles. The van der Waals surface area contributed by atoms with Crippen molar-refractivity contribution in [2.24, 2.45) is 0 Å². The van der Waals surface area contributed by atoms with Crippen molar-refractivity contribution in [3.8, 4) is 0 Å². The lowest BCUT2D eigenvalue weighted by Gasteiger charge is -2.29. The van der Waals surface area contributed by atoms with Crippen LogP contribution in [0.2, 0.25) is 0 Å². The fourth-order valence-corrected chi connectivity index (χ4v) is 4.49. The number of benzene rings is 2. The van der Waals surface area contributed by atoms with Gasteiger partial charge in [-0.25, -0.2) is 0 Å². The van der Waals surface area contributed by atoms with Gasteiger partial charge < -0.3 is 4.90 Å². The van der Waals surface area contributed by atoms with Crippen LogP contribution in [0.4, 0.5) is 5.69 Å². The van der Waals surface area contributed by atoms with Crippen molar-refractivity contribution >= 4 is 35.1 Å². The first kappa shape index (κ1) is 15.5. The molecule has 22 heavy (non-hydrogen) atoms. The molecule has 0 aromatic heterocycles. The lowest BCUT2D eigenvalue weighted by Crippen LogP contribution is -2.36. The molecule has 114 valence electrons. The van der Waals surface area contributed by atoms with Crippen LogP contribution in [-0.4, -0.2) is 24.0 Å². The Hall–Kier alpha value is -1.39. The number of fused-ring (bicyclic) bond motifs is 1. The maximum absolute atomic E-state index is 12.6. The number of anilines is 1. The van der Waals surface area contributed by atoms with Crippen LogP contribution < -0.4 is 4.90 Å². The van der Waals surface area contributed by atoms with Crippen molar-refractivity contribution in [2.45, 2.75) is 23.6 Å². The summed E-state index contributed by atoms with van der Waals surface area (Å²) >= 11 is 3.46. The summed E-state index contributed by atoms with van der Waals surface area (Å²) in [5, 5.41) is 0. The number of aryl methyl sites for hydroxylation is 2. The van der Waals surface area contributed by atoms with Crippen LogP contribution in [0.15, 0.2) is 52.3 Å². The Labute approximate surface area is 140 Å². The molecule has 0 fully saturated rings. The number of amides is 1. The zero-order valence-corrected chi connectivity index (χ0v) is 14.5. The van der Waals surface area contributed by atoms with E-state index in [2.05, 4.69) is 38.1 Å². The molecule has 0 aliphatic carbocycles. The molecule has 0 bridgehead atoms. The predicted molar refractivity (Wildman–Crippen MR) is 96.2 cm³/mol. The molecule has 0 spiro atoms. The summed E-state index contributed by atoms with van der Waals surface area (Å²) in [5.74, 6) is 1.65. The second-order valence-electron chi connectivity index (χ2n) is 5.42. The highest BCUT2D eigenvalue weighted by molar-refractivity contribution is 8.00. The normalized spacial score (nSPS) is 13.8. The molecule has 2 aromatic rings. The quantitative estimate of drug-likeness (QED) is 0.771. The van der Waals surface area contributed by atoms with Crippen molar-refractivity contribution in [1.29, 1.82) is 0 Å². The first-order valence-electron chi connectivity index (χ1n) is 7.37. The van der Waals surface area contributed by atoms with E-state index < -0.39 is 0 Å². The third-order valence-corrected chi connectivity index (χ3v) is 5.91. The zero-order valence-electron chi connectivity index (χ0n) is 12.8. The number of carbonyl (C=O) groups is 1. The second kappa shape index (κ2) is 6.80. The van der Waals surface area contributed by atoms with Crippen molar-refractivity contribution in [2.75, 3.05) is 23.0 Å². The highest BCUT2D eigenvalue weighted by Crippen LogP contribution is 2.35. The van der Waals surface area contributed by atoms with Gasteiger partial charge in [-0.15, -0.1) is 23.5 Å². The maximum atomic E-state index is 12.6. The summed E-state index contributed by atoms with van der Waals surface area (Å²) in [6, 6.07) is 14.6. The van der Waals surface area contributed by atoms with E-state index in [0.717, 1.165) is 18.0 Å². The van der Waals surface area contributed by atoms with E-state index >= 15 is 0 Å². The van der Waals surface area contributed by atoms with Gasteiger partial charge in [-0.05, 0) is 37.6 Å². The van der Waals surface area contributed by atoms with Gasteiger partial charge in [-0.3, -0.25) is 4.79 Å². The SMILES string of the molecule is Cc1ccc(SCC(=O)N2CCSc3ccccc32)c(C)c1. The summed E-state index contributed by atoms with van der Waals surface area (Å²) in [6.45, 7) is 5.00. The zero-order chi connectivity index (χ0) is 15.5. The Balaban J connectivity index is 1.70. The minimum atomic E-state index is 0.192. The van der Waals surface area contributed by atoms with Crippen LogP contribution in [0.5, 0.6) is 0 Å². The van der Waals surface area contributed by atoms with Gasteiger partial charge >= 0.3 is 0 Å². The van der Waals surface area contributed by atoms with Gasteiger partial charge in [0.1, 0.15) is 0 Å². The molecule has 0 saturated carbocycles. The van der Waals surface area contributed by atoms with Gasteiger partial charge in [0.05, 0.1) is 11.4 Å². The average molecular weight is 329 g/mol. The number of hydrogen-bond acceptors (Lipinski definition) is 3. The van der Waals surface area contributed by atoms with Crippen molar-refractivity contribution in [1.82, 2.24) is 0 Å². The first-order valence-corrected chi connectivity index (χ1v) is 9.34. The maximum Gasteiger partial charge on any atom is 0.237 e. The molecule has 0 unspecified atom stereocenters. The van der Waals surface area contributed by atoms with Crippen molar-refractivity contribution in [3.63, 3.8) is 0 Å². The third kappa shape index (κ3) is 3.33. The fraction of sp³-hybridized carbons (Fsp3) is 0.278. The molecule has 1 heterocycles. The Bertz CT molecular complexity index is 699. The monoisotopic (exact) mass is 329 g/mol. The number of nitrogens with zero attached hydrogens (tertiary/aromatic N) is 1. The van der Waals surface area contributed by atoms with Crippen LogP contribution in [0.3, 0.4) is 0 Å². The Morgan fingerprint density at radius 1 is 1.23 bits per heavy atom. The molecular formula is C18H19NOS2. The number of hydrogen-bond donors (Lipinski definition) is 0. The number of carbonyl (C=O) groups excluding carboxylic acids is 1. The summed E-state index contributed by atoms with van der Waals surface area (Å²) < 4.78 is 0. The molecule has 0 atom stereocenters. The minimum Gasteiger partial charge on any atom is -0.310 e. The van der Waals surface area contributed by atoms with E-state index in [4.69, 9.17) is 0 Å². The minimum absolute atomic E-state index is 0.192. The van der Waals surface area contributed by atoms with E-state index in [9.17, 15) is 4.79 Å². The van der Waals surface area contributed by atoms with E-state index in [-0.39, 0.29) is 5.91 Å². The van der Waals surface area contributed by atoms with Gasteiger partial charge in [0, 0.05) is 22.1 Å². The van der Waals surface area contributed by atoms with E-state index in [0.29, 0.717) is 5.75 Å². The van der Waals surface area contributed by atoms with Crippen LogP contribution >= 0.6 is 23.5 Å². The molecular weight excluding hydrogens is 310 g/mol. The molecule has 0 radical (unpaired) electrons. The number of para-hydroxylation sites is 1. The van der Waals surface area contributed by atoms with Crippen LogP contribution in [0.25, 0.3) is 0 Å². The number of rotatable bonds is 3. The second-order valence-corrected chi connectivity index (χ2v) is 7.57. The lowest BCUT2D eigenvalue weighted by molar-refractivity contribution is -0.116. The number of thioether (sulfide) groups is 2. The Kier molecular flexibility index (Phi) is 4.79. The summed E-state index contributed by atoms with van der Waals surface area (Å²) in [5.41, 5.74) is 3.56. The van der Waals surface area contributed by atoms with Gasteiger partial charge in [-0.2, -0.15) is 0 Å². The largest absolute Gasteiger partial charge is 0.310 e. The smallest absolute Gasteiger partial charge is 0.237 e. The van der Waals surface area contributed by atoms with Gasteiger partial charge in [0.15, 0.2) is 0 Å². The molecule has 0 saturated heterocycles. The van der Waals surface area contributed by atoms with Crippen LogP contribution in [0, 0.1) is 13.8 Å². The predicted octanol–water partition coefficient (Wildman–Crippen LogP) is 4.53. The summed E-state index contributed by atoms with van der Waals surface area (Å²) in [6.07, 6.45) is 0. The molecule has 2 aromatic carbocycles. The average Bonchev–Trinajstić information content (AvgIpc) is 2.53. The molecule has 4 heteroatoms. The first-order chi connectivity index (χ1) is 10.6. The van der Waals surface area contributed by atoms with Gasteiger partial charge in [0.2, 0.25) is 5.91 Å². The van der Waals surface area contributed by atoms with E-state index in [1.165, 1.54) is 20.9 Å². The highest BCUT2D eigenvalue weighted by Gasteiger charge is 2.22. The molecule has 2 nitrogen and oxygen atoms in total. The summed E-state index contributed by atoms with van der Waals surface area (Å²) in [7, 11) is 0. The van der Waals surface area contributed by atoms with Crippen LogP contribution in [0.1, 0.15) is 11.1 Å². The Morgan fingerprint density at radius 3 is 2.86 bits per heavy atom. The molecule has 3 rings (SSSR count). The molecule has 1 aliphatic rings. The topological polar surface area (TPSA) is 20.3 Å². The van der Waals surface area contributed by atoms with E-state index in [1.807, 2.05) is 34.9 Å². The standard InChI is InChI=1S/C18H19NOS2/c1-13-7-8-16(14(2)11-13)22-12-18(20)19-9-10-21-17-6-4-3-5-15(17)19/h3-8,11H,9-10,12H2,1-2H3. The van der Waals surface area contributed by atoms with E-state index in [1.54, 1.807) is 11.8 Å². The van der Waals surface area contributed by atoms with Gasteiger partial charge in [0.25, 0.3) is 0 Å².